The van der Waals surface area contributed by atoms with Crippen LogP contribution < -0.4 is 10.1 Å². The van der Waals surface area contributed by atoms with E-state index < -0.39 is 30.3 Å². The van der Waals surface area contributed by atoms with Crippen molar-refractivity contribution in [3.8, 4) is 5.75 Å². The van der Waals surface area contributed by atoms with Gasteiger partial charge in [0.05, 0.1) is 7.11 Å². The molecule has 0 aromatic heterocycles. The third kappa shape index (κ3) is 5.46. The summed E-state index contributed by atoms with van der Waals surface area (Å²) in [5.41, 5.74) is -0.322. The predicted molar refractivity (Wildman–Crippen MR) is 82.6 cm³/mol. The van der Waals surface area contributed by atoms with Crippen molar-refractivity contribution >= 4 is 12.4 Å². The highest BCUT2D eigenvalue weighted by molar-refractivity contribution is 5.85. The Kier molecular flexibility index (Phi) is 7.69. The van der Waals surface area contributed by atoms with Crippen molar-refractivity contribution in [1.29, 1.82) is 0 Å². The number of alkyl halides is 3. The minimum Gasteiger partial charge on any atom is -0.497 e. The number of ether oxygens (including phenoxy) is 1. The fraction of sp³-hybridized carbons (Fsp3) is 0.600. The van der Waals surface area contributed by atoms with E-state index in [-0.39, 0.29) is 30.1 Å². The van der Waals surface area contributed by atoms with Crippen molar-refractivity contribution in [3.63, 3.8) is 0 Å². The van der Waals surface area contributed by atoms with E-state index in [1.807, 2.05) is 0 Å². The maximum Gasteiger partial charge on any atom is 0.389 e. The van der Waals surface area contributed by atoms with Crippen LogP contribution in [-0.2, 0) is 0 Å². The Morgan fingerprint density at radius 1 is 1.17 bits per heavy atom. The van der Waals surface area contributed by atoms with Gasteiger partial charge >= 0.3 is 6.18 Å². The van der Waals surface area contributed by atoms with E-state index in [1.165, 1.54) is 7.11 Å². The molecule has 1 aromatic carbocycles. The van der Waals surface area contributed by atoms with Crippen LogP contribution in [0.2, 0.25) is 0 Å². The monoisotopic (exact) mass is 374 g/mol. The Morgan fingerprint density at radius 2 is 1.71 bits per heavy atom. The molecule has 0 radical (unpaired) electrons. The van der Waals surface area contributed by atoms with Gasteiger partial charge in [0.15, 0.2) is 0 Å². The molecule has 0 saturated carbocycles. The van der Waals surface area contributed by atoms with Gasteiger partial charge in [0.1, 0.15) is 17.4 Å². The van der Waals surface area contributed by atoms with E-state index in [0.29, 0.717) is 26.2 Å². The maximum absolute atomic E-state index is 14.3. The molecule has 9 heteroatoms. The van der Waals surface area contributed by atoms with Gasteiger partial charge in [-0.25, -0.2) is 8.78 Å². The number of benzene rings is 1. The molecule has 138 valence electrons. The van der Waals surface area contributed by atoms with Gasteiger partial charge in [-0.3, -0.25) is 4.90 Å². The molecule has 0 bridgehead atoms. The van der Waals surface area contributed by atoms with Crippen LogP contribution in [0.5, 0.6) is 5.75 Å². The lowest BCUT2D eigenvalue weighted by atomic mass is 9.97. The Hall–Kier alpha value is -1.12. The van der Waals surface area contributed by atoms with Gasteiger partial charge in [-0.1, -0.05) is 0 Å². The number of hydrogen-bond donors (Lipinski definition) is 1. The Bertz CT molecular complexity index is 512. The lowest BCUT2D eigenvalue weighted by molar-refractivity contribution is -0.138. The average Bonchev–Trinajstić information content (AvgIpc) is 2.49. The highest BCUT2D eigenvalue weighted by Gasteiger charge is 2.33. The van der Waals surface area contributed by atoms with Crippen molar-refractivity contribution in [3.05, 3.63) is 29.3 Å². The molecule has 24 heavy (non-hydrogen) atoms. The van der Waals surface area contributed by atoms with E-state index >= 15 is 0 Å². The summed E-state index contributed by atoms with van der Waals surface area (Å²) in [6.45, 7) is 2.02. The van der Waals surface area contributed by atoms with Gasteiger partial charge in [-0.2, -0.15) is 13.2 Å². The van der Waals surface area contributed by atoms with Gasteiger partial charge in [0, 0.05) is 56.3 Å². The van der Waals surface area contributed by atoms with E-state index in [2.05, 4.69) is 5.32 Å². The van der Waals surface area contributed by atoms with Crippen molar-refractivity contribution < 1.29 is 26.7 Å². The molecular weight excluding hydrogens is 355 g/mol. The van der Waals surface area contributed by atoms with Crippen LogP contribution in [0, 0.1) is 11.6 Å². The van der Waals surface area contributed by atoms with E-state index in [1.54, 1.807) is 4.90 Å². The fourth-order valence-electron chi connectivity index (χ4n) is 2.80. The largest absolute Gasteiger partial charge is 0.497 e. The summed E-state index contributed by atoms with van der Waals surface area (Å²) in [6, 6.07) is 1.05. The molecule has 1 aliphatic heterocycles. The van der Waals surface area contributed by atoms with Gasteiger partial charge in [-0.15, -0.1) is 12.4 Å². The lowest BCUT2D eigenvalue weighted by Crippen LogP contribution is -2.45. The third-order valence-corrected chi connectivity index (χ3v) is 3.92. The van der Waals surface area contributed by atoms with Crippen molar-refractivity contribution in [2.75, 3.05) is 33.3 Å². The Balaban J connectivity index is 0.00000288. The van der Waals surface area contributed by atoms with Crippen molar-refractivity contribution in [2.24, 2.45) is 0 Å². The smallest absolute Gasteiger partial charge is 0.389 e. The molecule has 1 fully saturated rings. The first kappa shape index (κ1) is 20.9. The standard InChI is InChI=1S/C15H19F5N2O.ClH/c1-23-10-8-11(16)14(12(17)9-10)13(2-3-15(18,19)20)22-6-4-21-5-7-22;/h8-9,13,21H,2-7H2,1H3;1H/t13-;/m1./s1. The van der Waals surface area contributed by atoms with Crippen molar-refractivity contribution in [1.82, 2.24) is 10.2 Å². The predicted octanol–water partition coefficient (Wildman–Crippen LogP) is 3.68. The SMILES string of the molecule is COc1cc(F)c([C@@H](CCC(F)(F)F)N2CCNCC2)c(F)c1.Cl. The molecule has 0 spiro atoms. The molecule has 2 rings (SSSR count). The number of hydrogen-bond acceptors (Lipinski definition) is 3. The van der Waals surface area contributed by atoms with Gasteiger partial charge in [0.2, 0.25) is 0 Å². The maximum atomic E-state index is 14.3. The molecule has 1 saturated heterocycles. The molecule has 0 unspecified atom stereocenters. The molecule has 1 atom stereocenters. The Morgan fingerprint density at radius 3 is 2.17 bits per heavy atom. The van der Waals surface area contributed by atoms with Gasteiger partial charge < -0.3 is 10.1 Å². The first-order valence-corrected chi connectivity index (χ1v) is 7.36. The summed E-state index contributed by atoms with van der Waals surface area (Å²) in [6.07, 6.45) is -5.85. The molecule has 1 aliphatic rings. The Labute approximate surface area is 143 Å². The summed E-state index contributed by atoms with van der Waals surface area (Å²) < 4.78 is 71.1. The topological polar surface area (TPSA) is 24.5 Å². The van der Waals surface area contributed by atoms with Crippen LogP contribution in [0.3, 0.4) is 0 Å². The molecule has 1 heterocycles. The highest BCUT2D eigenvalue weighted by atomic mass is 35.5. The van der Waals surface area contributed by atoms with Crippen LogP contribution in [0.4, 0.5) is 22.0 Å². The first-order chi connectivity index (χ1) is 10.8. The summed E-state index contributed by atoms with van der Waals surface area (Å²) in [5, 5.41) is 3.07. The molecule has 1 aromatic rings. The minimum atomic E-state index is -4.37. The fourth-order valence-corrected chi connectivity index (χ4v) is 2.80. The summed E-state index contributed by atoms with van der Waals surface area (Å²) in [5.74, 6) is -1.77. The van der Waals surface area contributed by atoms with E-state index in [9.17, 15) is 22.0 Å². The van der Waals surface area contributed by atoms with Crippen molar-refractivity contribution in [2.45, 2.75) is 25.1 Å². The minimum absolute atomic E-state index is 0. The third-order valence-electron chi connectivity index (χ3n) is 3.92. The van der Waals surface area contributed by atoms with Gasteiger partial charge in [0.25, 0.3) is 0 Å². The molecule has 0 aliphatic carbocycles. The van der Waals surface area contributed by atoms with Gasteiger partial charge in [-0.05, 0) is 6.42 Å². The number of methoxy groups -OCH3 is 1. The lowest BCUT2D eigenvalue weighted by Gasteiger charge is -2.35. The molecule has 0 amide bonds. The number of piperazine rings is 1. The zero-order chi connectivity index (χ0) is 17.0. The number of nitrogens with one attached hydrogen (secondary N) is 1. The first-order valence-electron chi connectivity index (χ1n) is 7.36. The number of nitrogens with zero attached hydrogens (tertiary/aromatic N) is 1. The summed E-state index contributed by atoms with van der Waals surface area (Å²) in [4.78, 5) is 1.69. The summed E-state index contributed by atoms with van der Waals surface area (Å²) >= 11 is 0. The van der Waals surface area contributed by atoms with Crippen LogP contribution >= 0.6 is 12.4 Å². The number of halogens is 6. The van der Waals surface area contributed by atoms with Crippen LogP contribution in [0.15, 0.2) is 12.1 Å². The van der Waals surface area contributed by atoms with Crippen LogP contribution in [0.1, 0.15) is 24.4 Å². The van der Waals surface area contributed by atoms with Crippen LogP contribution in [-0.4, -0.2) is 44.4 Å². The van der Waals surface area contributed by atoms with E-state index in [4.69, 9.17) is 4.74 Å². The van der Waals surface area contributed by atoms with E-state index in [0.717, 1.165) is 12.1 Å². The second kappa shape index (κ2) is 8.82. The quantitative estimate of drug-likeness (QED) is 0.796. The molecular formula is C15H20ClF5N2O. The molecule has 1 N–H and O–H groups in total. The zero-order valence-corrected chi connectivity index (χ0v) is 13.9. The summed E-state index contributed by atoms with van der Waals surface area (Å²) in [7, 11) is 1.27. The normalized spacial score (nSPS) is 17.2. The molecule has 3 nitrogen and oxygen atoms in total. The zero-order valence-electron chi connectivity index (χ0n) is 13.1. The van der Waals surface area contributed by atoms with Crippen LogP contribution in [0.25, 0.3) is 0 Å². The highest BCUT2D eigenvalue weighted by Crippen LogP contribution is 2.35. The average molecular weight is 375 g/mol. The second-order valence-electron chi connectivity index (χ2n) is 5.46. The number of rotatable bonds is 5. The second-order valence-corrected chi connectivity index (χ2v) is 5.46.